The minimum atomic E-state index is 0.127. The van der Waals surface area contributed by atoms with Crippen LogP contribution in [0.15, 0.2) is 41.1 Å². The van der Waals surface area contributed by atoms with Crippen LogP contribution in [0.1, 0.15) is 65.2 Å². The van der Waals surface area contributed by atoms with E-state index < -0.39 is 0 Å². The van der Waals surface area contributed by atoms with Gasteiger partial charge >= 0.3 is 0 Å². The Morgan fingerprint density at radius 2 is 1.93 bits per heavy atom. The minimum Gasteiger partial charge on any atom is -0.295 e. The van der Waals surface area contributed by atoms with Crippen LogP contribution in [0, 0.1) is 34.5 Å². The van der Waals surface area contributed by atoms with Gasteiger partial charge in [0.2, 0.25) is 0 Å². The largest absolute Gasteiger partial charge is 0.295 e. The fraction of sp³-hybridized carbons (Fsp3) is 0.640. The zero-order chi connectivity index (χ0) is 20.2. The molecule has 29 heavy (non-hydrogen) atoms. The van der Waals surface area contributed by atoms with Crippen LogP contribution in [-0.2, 0) is 9.59 Å². The number of allylic oxidation sites excluding steroid dienone is 1. The normalized spacial score (nSPS) is 41.2. The number of rotatable bonds is 2. The van der Waals surface area contributed by atoms with Crippen molar-refractivity contribution in [1.29, 1.82) is 0 Å². The molecule has 0 spiro atoms. The van der Waals surface area contributed by atoms with E-state index in [1.165, 1.54) is 36.6 Å². The van der Waals surface area contributed by atoms with Gasteiger partial charge in [-0.3, -0.25) is 9.59 Å². The summed E-state index contributed by atoms with van der Waals surface area (Å²) in [7, 11) is 0. The molecule has 0 amide bonds. The van der Waals surface area contributed by atoms with Crippen molar-refractivity contribution in [2.75, 3.05) is 0 Å². The lowest BCUT2D eigenvalue weighted by molar-refractivity contribution is -0.123. The molecular formula is C25H31NO2S. The number of hydrogen-bond donors (Lipinski definition) is 0. The minimum absolute atomic E-state index is 0.127. The van der Waals surface area contributed by atoms with Gasteiger partial charge in [0.25, 0.3) is 0 Å². The summed E-state index contributed by atoms with van der Waals surface area (Å²) >= 11 is 1.35. The predicted octanol–water partition coefficient (Wildman–Crippen LogP) is 5.85. The van der Waals surface area contributed by atoms with Crippen LogP contribution >= 0.6 is 11.8 Å². The van der Waals surface area contributed by atoms with Crippen LogP contribution in [-0.4, -0.2) is 15.9 Å². The van der Waals surface area contributed by atoms with Gasteiger partial charge in [0, 0.05) is 18.5 Å². The molecule has 6 atom stereocenters. The standard InChI is InChI=1S/C25H31NO2S/c1-24-12-10-17(27)15-16(24)6-7-18-19-8-9-21(25(19,2)13-11-20(18)24)23(28)29-22-5-3-4-14-26-22/h3-5,14-15,18-21H,6-13H2,1-2H3/t18-,19-,20-,21+,24-,25-/m0/s1. The van der Waals surface area contributed by atoms with Crippen LogP contribution in [0.25, 0.3) is 0 Å². The Bertz CT molecular complexity index is 865. The average molecular weight is 410 g/mol. The quantitative estimate of drug-likeness (QED) is 0.575. The Balaban J connectivity index is 1.38. The molecule has 3 saturated carbocycles. The third-order valence-corrected chi connectivity index (χ3v) is 10.0. The van der Waals surface area contributed by atoms with Gasteiger partial charge < -0.3 is 0 Å². The number of fused-ring (bicyclic) bond motifs is 5. The Labute approximate surface area is 178 Å². The number of carbonyl (C=O) groups excluding carboxylic acids is 2. The van der Waals surface area contributed by atoms with Crippen LogP contribution in [0.3, 0.4) is 0 Å². The summed E-state index contributed by atoms with van der Waals surface area (Å²) < 4.78 is 0. The molecule has 4 aliphatic rings. The summed E-state index contributed by atoms with van der Waals surface area (Å²) in [5, 5.41) is 1.14. The van der Waals surface area contributed by atoms with Crippen molar-refractivity contribution in [2.24, 2.45) is 34.5 Å². The first-order valence-electron chi connectivity index (χ1n) is 11.3. The second kappa shape index (κ2) is 7.08. The van der Waals surface area contributed by atoms with Gasteiger partial charge in [-0.2, -0.15) is 0 Å². The second-order valence-electron chi connectivity index (χ2n) is 10.2. The number of nitrogens with zero attached hydrogens (tertiary/aromatic N) is 1. The molecule has 1 aromatic rings. The molecule has 0 aliphatic heterocycles. The summed E-state index contributed by atoms with van der Waals surface area (Å²) in [5.41, 5.74) is 1.76. The number of hydrogen-bond acceptors (Lipinski definition) is 4. The first kappa shape index (κ1) is 19.5. The zero-order valence-electron chi connectivity index (χ0n) is 17.5. The van der Waals surface area contributed by atoms with Gasteiger partial charge in [-0.15, -0.1) is 0 Å². The predicted molar refractivity (Wildman–Crippen MR) is 115 cm³/mol. The highest BCUT2D eigenvalue weighted by Gasteiger charge is 2.60. The molecule has 3 nitrogen and oxygen atoms in total. The highest BCUT2D eigenvalue weighted by atomic mass is 32.2. The van der Waals surface area contributed by atoms with Crippen molar-refractivity contribution in [3.05, 3.63) is 36.0 Å². The van der Waals surface area contributed by atoms with E-state index in [4.69, 9.17) is 0 Å². The molecule has 0 N–H and O–H groups in total. The number of aromatic nitrogens is 1. The Kier molecular flexibility index (Phi) is 4.77. The van der Waals surface area contributed by atoms with E-state index in [0.29, 0.717) is 35.1 Å². The first-order chi connectivity index (χ1) is 13.9. The molecule has 0 aromatic carbocycles. The van der Waals surface area contributed by atoms with E-state index in [9.17, 15) is 9.59 Å². The SMILES string of the molecule is C[C@]12CC[C@H]3[C@@H](CCC4=CC(=O)CC[C@@]43C)[C@@H]1CC[C@@H]2C(=O)Sc1ccccn1. The summed E-state index contributed by atoms with van der Waals surface area (Å²) in [6.07, 6.45) is 12.3. The summed E-state index contributed by atoms with van der Waals surface area (Å²) in [6, 6.07) is 5.79. The highest BCUT2D eigenvalue weighted by Crippen LogP contribution is 2.67. The molecule has 0 saturated heterocycles. The van der Waals surface area contributed by atoms with Gasteiger partial charge in [-0.25, -0.2) is 4.98 Å². The van der Waals surface area contributed by atoms with Gasteiger partial charge in [-0.05, 0) is 104 Å². The van der Waals surface area contributed by atoms with Crippen LogP contribution < -0.4 is 0 Å². The molecule has 0 bridgehead atoms. The van der Waals surface area contributed by atoms with Crippen LogP contribution in [0.4, 0.5) is 0 Å². The molecule has 3 fully saturated rings. The third kappa shape index (κ3) is 3.05. The lowest BCUT2D eigenvalue weighted by atomic mass is 9.47. The van der Waals surface area contributed by atoms with E-state index in [2.05, 4.69) is 18.8 Å². The molecule has 0 radical (unpaired) electrons. The average Bonchev–Trinajstić information content (AvgIpc) is 3.06. The van der Waals surface area contributed by atoms with Crippen LogP contribution in [0.2, 0.25) is 0 Å². The maximum atomic E-state index is 13.2. The van der Waals surface area contributed by atoms with E-state index in [1.54, 1.807) is 6.20 Å². The summed E-state index contributed by atoms with van der Waals surface area (Å²) in [5.74, 6) is 2.52. The number of ketones is 1. The van der Waals surface area contributed by atoms with Crippen molar-refractivity contribution in [3.63, 3.8) is 0 Å². The molecular weight excluding hydrogens is 378 g/mol. The van der Waals surface area contributed by atoms with E-state index >= 15 is 0 Å². The van der Waals surface area contributed by atoms with Gasteiger partial charge in [0.05, 0.1) is 0 Å². The van der Waals surface area contributed by atoms with Crippen LogP contribution in [0.5, 0.6) is 0 Å². The van der Waals surface area contributed by atoms with E-state index in [-0.39, 0.29) is 16.7 Å². The fourth-order valence-corrected chi connectivity index (χ4v) is 8.52. The smallest absolute Gasteiger partial charge is 0.198 e. The number of thioether (sulfide) groups is 1. The van der Waals surface area contributed by atoms with Gasteiger partial charge in [0.15, 0.2) is 10.9 Å². The van der Waals surface area contributed by atoms with E-state index in [1.807, 2.05) is 24.3 Å². The van der Waals surface area contributed by atoms with Gasteiger partial charge in [0.1, 0.15) is 5.03 Å². The van der Waals surface area contributed by atoms with Crippen molar-refractivity contribution in [3.8, 4) is 0 Å². The van der Waals surface area contributed by atoms with Crippen molar-refractivity contribution >= 4 is 22.7 Å². The molecule has 0 unspecified atom stereocenters. The molecule has 4 heteroatoms. The monoisotopic (exact) mass is 409 g/mol. The summed E-state index contributed by atoms with van der Waals surface area (Å²) in [6.45, 7) is 4.83. The lowest BCUT2D eigenvalue weighted by Gasteiger charge is -2.58. The van der Waals surface area contributed by atoms with Gasteiger partial charge in [-0.1, -0.05) is 25.5 Å². The Hall–Kier alpha value is -1.42. The molecule has 154 valence electrons. The van der Waals surface area contributed by atoms with Crippen molar-refractivity contribution in [1.82, 2.24) is 4.98 Å². The van der Waals surface area contributed by atoms with E-state index in [0.717, 1.165) is 30.7 Å². The fourth-order valence-electron chi connectivity index (χ4n) is 7.53. The first-order valence-corrected chi connectivity index (χ1v) is 12.1. The third-order valence-electron chi connectivity index (χ3n) is 9.09. The molecule has 5 rings (SSSR count). The molecule has 4 aliphatic carbocycles. The number of pyridine rings is 1. The lowest BCUT2D eigenvalue weighted by Crippen LogP contribution is -2.51. The molecule has 1 aromatic heterocycles. The Morgan fingerprint density at radius 3 is 2.72 bits per heavy atom. The van der Waals surface area contributed by atoms with Crippen molar-refractivity contribution < 1.29 is 9.59 Å². The topological polar surface area (TPSA) is 47.0 Å². The zero-order valence-corrected chi connectivity index (χ0v) is 18.3. The summed E-state index contributed by atoms with van der Waals surface area (Å²) in [4.78, 5) is 29.6. The number of carbonyl (C=O) groups is 2. The van der Waals surface area contributed by atoms with Crippen molar-refractivity contribution in [2.45, 2.75) is 70.2 Å². The maximum absolute atomic E-state index is 13.2. The second-order valence-corrected chi connectivity index (χ2v) is 11.3. The molecule has 1 heterocycles. The maximum Gasteiger partial charge on any atom is 0.198 e. The highest BCUT2D eigenvalue weighted by molar-refractivity contribution is 8.13. The Morgan fingerprint density at radius 1 is 1.07 bits per heavy atom.